The van der Waals surface area contributed by atoms with Crippen molar-refractivity contribution < 1.29 is 14.0 Å². The topological polar surface area (TPSA) is 27.7 Å². The summed E-state index contributed by atoms with van der Waals surface area (Å²) in [6.07, 6.45) is 6.30. The lowest BCUT2D eigenvalue weighted by Gasteiger charge is -2.32. The predicted molar refractivity (Wildman–Crippen MR) is 75.8 cm³/mol. The number of hydrogen-bond acceptors (Lipinski definition) is 3. The highest BCUT2D eigenvalue weighted by atomic mass is 16.7. The van der Waals surface area contributed by atoms with Crippen LogP contribution in [-0.2, 0) is 14.0 Å². The van der Waals surface area contributed by atoms with Crippen molar-refractivity contribution in [3.63, 3.8) is 0 Å². The van der Waals surface area contributed by atoms with Crippen LogP contribution < -0.4 is 0 Å². The van der Waals surface area contributed by atoms with E-state index in [2.05, 4.69) is 33.8 Å². The Labute approximate surface area is 116 Å². The average molecular weight is 264 g/mol. The molecule has 2 fully saturated rings. The summed E-state index contributed by atoms with van der Waals surface area (Å²) in [4.78, 5) is 0. The lowest BCUT2D eigenvalue weighted by Crippen LogP contribution is -2.41. The molecular formula is C15H25BO3. The van der Waals surface area contributed by atoms with E-state index in [0.717, 1.165) is 18.8 Å². The van der Waals surface area contributed by atoms with Crippen LogP contribution in [-0.4, -0.2) is 31.5 Å². The van der Waals surface area contributed by atoms with E-state index in [0.29, 0.717) is 12.0 Å². The number of rotatable bonds is 2. The van der Waals surface area contributed by atoms with E-state index in [4.69, 9.17) is 14.0 Å². The van der Waals surface area contributed by atoms with Gasteiger partial charge in [-0.1, -0.05) is 6.08 Å². The van der Waals surface area contributed by atoms with Crippen molar-refractivity contribution in [3.05, 3.63) is 11.5 Å². The number of fused-ring (bicyclic) bond motifs is 1. The van der Waals surface area contributed by atoms with Crippen LogP contribution in [0.25, 0.3) is 0 Å². The Bertz CT molecular complexity index is 386. The van der Waals surface area contributed by atoms with Gasteiger partial charge in [-0.25, -0.2) is 0 Å². The summed E-state index contributed by atoms with van der Waals surface area (Å²) in [5.74, 6) is 1.40. The van der Waals surface area contributed by atoms with Crippen molar-refractivity contribution >= 4 is 7.12 Å². The van der Waals surface area contributed by atoms with Crippen LogP contribution in [0.5, 0.6) is 0 Å². The maximum atomic E-state index is 6.14. The van der Waals surface area contributed by atoms with Crippen LogP contribution in [0.15, 0.2) is 11.5 Å². The third kappa shape index (κ3) is 2.18. The minimum atomic E-state index is -0.231. The first-order valence-corrected chi connectivity index (χ1v) is 7.41. The minimum Gasteiger partial charge on any atom is -0.400 e. The third-order valence-corrected chi connectivity index (χ3v) is 5.52. The standard InChI is InChI=1S/C15H25BO3/c1-14(2)15(3,4)19-16(18-14)12-6-10-8-13(17-5)9-11(10)7-12/h6,10-11,13H,7-9H2,1-5H3. The fourth-order valence-electron chi connectivity index (χ4n) is 3.55. The second-order valence-corrected chi connectivity index (χ2v) is 7.29. The van der Waals surface area contributed by atoms with E-state index < -0.39 is 0 Å². The molecule has 2 aliphatic carbocycles. The van der Waals surface area contributed by atoms with Crippen LogP contribution >= 0.6 is 0 Å². The molecule has 19 heavy (non-hydrogen) atoms. The molecule has 0 aromatic heterocycles. The molecule has 0 aromatic rings. The first kappa shape index (κ1) is 13.7. The highest BCUT2D eigenvalue weighted by molar-refractivity contribution is 6.54. The summed E-state index contributed by atoms with van der Waals surface area (Å²) in [6, 6.07) is 0. The quantitative estimate of drug-likeness (QED) is 0.717. The molecule has 3 aliphatic rings. The smallest absolute Gasteiger partial charge is 0.400 e. The molecule has 1 saturated carbocycles. The van der Waals surface area contributed by atoms with E-state index >= 15 is 0 Å². The summed E-state index contributed by atoms with van der Waals surface area (Å²) >= 11 is 0. The van der Waals surface area contributed by atoms with Gasteiger partial charge in [0.15, 0.2) is 0 Å². The molecule has 0 radical (unpaired) electrons. The summed E-state index contributed by atoms with van der Waals surface area (Å²) in [5, 5.41) is 0. The molecule has 0 N–H and O–H groups in total. The van der Waals surface area contributed by atoms with E-state index in [-0.39, 0.29) is 18.3 Å². The van der Waals surface area contributed by atoms with Crippen molar-refractivity contribution in [2.75, 3.05) is 7.11 Å². The van der Waals surface area contributed by atoms with E-state index in [1.165, 1.54) is 11.9 Å². The number of allylic oxidation sites excluding steroid dienone is 2. The van der Waals surface area contributed by atoms with Crippen LogP contribution in [0.2, 0.25) is 0 Å². The van der Waals surface area contributed by atoms with Crippen molar-refractivity contribution in [2.24, 2.45) is 11.8 Å². The molecule has 3 unspecified atom stereocenters. The van der Waals surface area contributed by atoms with Crippen molar-refractivity contribution in [1.82, 2.24) is 0 Å². The monoisotopic (exact) mass is 264 g/mol. The second-order valence-electron chi connectivity index (χ2n) is 7.29. The fraction of sp³-hybridized carbons (Fsp3) is 0.867. The highest BCUT2D eigenvalue weighted by Crippen LogP contribution is 2.47. The Morgan fingerprint density at radius 1 is 1.16 bits per heavy atom. The normalized spacial score (nSPS) is 39.5. The third-order valence-electron chi connectivity index (χ3n) is 5.52. The van der Waals surface area contributed by atoms with Gasteiger partial charge in [0.05, 0.1) is 17.3 Å². The van der Waals surface area contributed by atoms with E-state index in [1.807, 2.05) is 7.11 Å². The number of ether oxygens (including phenoxy) is 1. The molecule has 0 aromatic carbocycles. The maximum absolute atomic E-state index is 6.14. The Morgan fingerprint density at radius 3 is 2.32 bits per heavy atom. The predicted octanol–water partition coefficient (Wildman–Crippen LogP) is 2.99. The summed E-state index contributed by atoms with van der Waals surface area (Å²) in [7, 11) is 1.68. The zero-order valence-corrected chi connectivity index (χ0v) is 12.7. The number of methoxy groups -OCH3 is 1. The van der Waals surface area contributed by atoms with Crippen LogP contribution in [0.3, 0.4) is 0 Å². The number of hydrogen-bond donors (Lipinski definition) is 0. The fourth-order valence-corrected chi connectivity index (χ4v) is 3.55. The van der Waals surface area contributed by atoms with Gasteiger partial charge in [-0.05, 0) is 64.3 Å². The van der Waals surface area contributed by atoms with E-state index in [9.17, 15) is 0 Å². The van der Waals surface area contributed by atoms with Gasteiger partial charge >= 0.3 is 7.12 Å². The Morgan fingerprint density at radius 2 is 1.79 bits per heavy atom. The maximum Gasteiger partial charge on any atom is 0.490 e. The zero-order valence-electron chi connectivity index (χ0n) is 12.7. The molecule has 0 spiro atoms. The van der Waals surface area contributed by atoms with Crippen LogP contribution in [0, 0.1) is 11.8 Å². The molecule has 0 amide bonds. The Balaban J connectivity index is 1.70. The molecule has 106 valence electrons. The van der Waals surface area contributed by atoms with Gasteiger partial charge in [0.25, 0.3) is 0 Å². The molecule has 1 saturated heterocycles. The Hall–Kier alpha value is -0.315. The van der Waals surface area contributed by atoms with Crippen molar-refractivity contribution in [2.45, 2.75) is 64.3 Å². The highest BCUT2D eigenvalue weighted by Gasteiger charge is 2.54. The molecular weight excluding hydrogens is 239 g/mol. The van der Waals surface area contributed by atoms with Crippen molar-refractivity contribution in [3.8, 4) is 0 Å². The SMILES string of the molecule is COC1CC2C=C(B3OC(C)(C)C(C)(C)O3)CC2C1. The summed E-state index contributed by atoms with van der Waals surface area (Å²) < 4.78 is 17.8. The molecule has 0 bridgehead atoms. The molecule has 4 heteroatoms. The van der Waals surface area contributed by atoms with E-state index in [1.54, 1.807) is 0 Å². The summed E-state index contributed by atoms with van der Waals surface area (Å²) in [5.41, 5.74) is 0.888. The second kappa shape index (κ2) is 4.34. The minimum absolute atomic E-state index is 0.142. The summed E-state index contributed by atoms with van der Waals surface area (Å²) in [6.45, 7) is 8.46. The first-order chi connectivity index (χ1) is 8.82. The molecule has 1 aliphatic heterocycles. The molecule has 3 nitrogen and oxygen atoms in total. The molecule has 1 heterocycles. The van der Waals surface area contributed by atoms with Crippen molar-refractivity contribution in [1.29, 1.82) is 0 Å². The van der Waals surface area contributed by atoms with Gasteiger partial charge in [-0.3, -0.25) is 0 Å². The molecule has 3 atom stereocenters. The first-order valence-electron chi connectivity index (χ1n) is 7.41. The van der Waals surface area contributed by atoms with Crippen LogP contribution in [0.1, 0.15) is 47.0 Å². The lowest BCUT2D eigenvalue weighted by molar-refractivity contribution is 0.00578. The van der Waals surface area contributed by atoms with Gasteiger partial charge in [0, 0.05) is 7.11 Å². The van der Waals surface area contributed by atoms with Gasteiger partial charge in [0.1, 0.15) is 0 Å². The zero-order chi connectivity index (χ0) is 13.8. The lowest BCUT2D eigenvalue weighted by atomic mass is 9.76. The van der Waals surface area contributed by atoms with Crippen LogP contribution in [0.4, 0.5) is 0 Å². The largest absolute Gasteiger partial charge is 0.490 e. The van der Waals surface area contributed by atoms with Gasteiger partial charge < -0.3 is 14.0 Å². The molecule has 3 rings (SSSR count). The Kier molecular flexibility index (Phi) is 3.12. The average Bonchev–Trinajstić information content (AvgIpc) is 2.88. The van der Waals surface area contributed by atoms with Gasteiger partial charge in [-0.15, -0.1) is 0 Å². The van der Waals surface area contributed by atoms with Gasteiger partial charge in [0.2, 0.25) is 0 Å². The van der Waals surface area contributed by atoms with Gasteiger partial charge in [-0.2, -0.15) is 0 Å².